The van der Waals surface area contributed by atoms with Gasteiger partial charge in [-0.3, -0.25) is 10.1 Å². The molecule has 4 aliphatic rings. The number of carbonyl (C=O) groups excluding carboxylic acids is 1. The summed E-state index contributed by atoms with van der Waals surface area (Å²) in [5.41, 5.74) is -0.429. The molecule has 0 saturated heterocycles. The summed E-state index contributed by atoms with van der Waals surface area (Å²) in [5.74, 6) is 1.18. The molecular weight excluding hydrogens is 362 g/mol. The predicted molar refractivity (Wildman–Crippen MR) is 98.6 cm³/mol. The summed E-state index contributed by atoms with van der Waals surface area (Å²) in [5, 5.41) is 22.5. The van der Waals surface area contributed by atoms with Crippen LogP contribution in [0.5, 0.6) is 5.75 Å². The lowest BCUT2D eigenvalue weighted by Gasteiger charge is -2.54. The molecular formula is C21H26NO6-. The molecule has 5 rings (SSSR count). The summed E-state index contributed by atoms with van der Waals surface area (Å²) < 4.78 is 12.3. The monoisotopic (exact) mass is 388 g/mol. The van der Waals surface area contributed by atoms with Crippen LogP contribution in [-0.4, -0.2) is 23.3 Å². The number of aromatic carboxylic acids is 1. The van der Waals surface area contributed by atoms with Crippen molar-refractivity contribution in [3.05, 3.63) is 33.9 Å². The van der Waals surface area contributed by atoms with Crippen LogP contribution < -0.4 is 9.84 Å². The van der Waals surface area contributed by atoms with Gasteiger partial charge in [-0.05, 0) is 67.9 Å². The smallest absolute Gasteiger partial charge is 0.311 e. The first-order chi connectivity index (χ1) is 13.3. The standard InChI is InChI=1S/C21H27NO6/c1-11(2)21(27-18-10-14(20(23)24)3-4-17(18)22(25)26)28-19-15-6-12-5-13(8-15)9-16(19)7-12/h3-4,10-13,15-16,19,21H,5-9H2,1-2H3,(H,23,24)/p-1. The van der Waals surface area contributed by atoms with Crippen molar-refractivity contribution in [2.24, 2.45) is 29.6 Å². The van der Waals surface area contributed by atoms with Crippen LogP contribution in [0, 0.1) is 39.7 Å². The van der Waals surface area contributed by atoms with Crippen LogP contribution in [0.3, 0.4) is 0 Å². The van der Waals surface area contributed by atoms with Crippen molar-refractivity contribution in [1.82, 2.24) is 0 Å². The first kappa shape index (κ1) is 19.2. The lowest BCUT2D eigenvalue weighted by molar-refractivity contribution is -0.386. The molecule has 7 nitrogen and oxygen atoms in total. The molecule has 0 spiro atoms. The molecule has 1 aromatic rings. The van der Waals surface area contributed by atoms with Crippen molar-refractivity contribution in [2.75, 3.05) is 0 Å². The third kappa shape index (κ3) is 3.60. The summed E-state index contributed by atoms with van der Waals surface area (Å²) in [6.45, 7) is 3.88. The summed E-state index contributed by atoms with van der Waals surface area (Å²) in [6, 6.07) is 3.45. The third-order valence-electron chi connectivity index (χ3n) is 6.61. The Balaban J connectivity index is 1.55. The molecule has 1 aromatic carbocycles. The summed E-state index contributed by atoms with van der Waals surface area (Å²) in [7, 11) is 0. The number of hydrogen-bond donors (Lipinski definition) is 0. The Morgan fingerprint density at radius 2 is 1.71 bits per heavy atom. The molecule has 0 aromatic heterocycles. The van der Waals surface area contributed by atoms with Crippen molar-refractivity contribution < 1.29 is 24.3 Å². The molecule has 1 atom stereocenters. The van der Waals surface area contributed by atoms with Gasteiger partial charge in [0.2, 0.25) is 12.0 Å². The van der Waals surface area contributed by atoms with E-state index in [1.54, 1.807) is 0 Å². The van der Waals surface area contributed by atoms with Gasteiger partial charge in [-0.15, -0.1) is 0 Å². The summed E-state index contributed by atoms with van der Waals surface area (Å²) in [4.78, 5) is 22.0. The number of rotatable bonds is 7. The number of carboxylic acids is 1. The van der Waals surface area contributed by atoms with Crippen LogP contribution in [0.1, 0.15) is 56.3 Å². The molecule has 28 heavy (non-hydrogen) atoms. The molecule has 1 unspecified atom stereocenters. The van der Waals surface area contributed by atoms with Crippen LogP contribution in [0.4, 0.5) is 5.69 Å². The number of nitrogens with zero attached hydrogens (tertiary/aromatic N) is 1. The fourth-order valence-corrected chi connectivity index (χ4v) is 5.58. The van der Waals surface area contributed by atoms with E-state index >= 15 is 0 Å². The van der Waals surface area contributed by atoms with E-state index < -0.39 is 17.2 Å². The van der Waals surface area contributed by atoms with E-state index in [1.165, 1.54) is 32.1 Å². The second-order valence-corrected chi connectivity index (χ2v) is 8.99. The first-order valence-corrected chi connectivity index (χ1v) is 10.1. The Morgan fingerprint density at radius 1 is 1.11 bits per heavy atom. The second kappa shape index (κ2) is 7.35. The van der Waals surface area contributed by atoms with Gasteiger partial charge >= 0.3 is 5.69 Å². The van der Waals surface area contributed by atoms with E-state index in [4.69, 9.17) is 9.47 Å². The number of nitro benzene ring substituents is 1. The number of carbonyl (C=O) groups is 1. The minimum absolute atomic E-state index is 0.0385. The Labute approximate surface area is 164 Å². The van der Waals surface area contributed by atoms with Gasteiger partial charge in [-0.1, -0.05) is 13.8 Å². The fraction of sp³-hybridized carbons (Fsp3) is 0.667. The molecule has 4 bridgehead atoms. The zero-order chi connectivity index (χ0) is 20.0. The molecule has 4 saturated carbocycles. The molecule has 0 amide bonds. The van der Waals surface area contributed by atoms with E-state index in [-0.39, 0.29) is 29.0 Å². The van der Waals surface area contributed by atoms with Gasteiger partial charge in [0.05, 0.1) is 17.0 Å². The van der Waals surface area contributed by atoms with Gasteiger partial charge in [0.15, 0.2) is 0 Å². The van der Waals surface area contributed by atoms with E-state index in [2.05, 4.69) is 0 Å². The Morgan fingerprint density at radius 3 is 2.21 bits per heavy atom. The van der Waals surface area contributed by atoms with Crippen molar-refractivity contribution in [1.29, 1.82) is 0 Å². The van der Waals surface area contributed by atoms with Gasteiger partial charge in [-0.2, -0.15) is 0 Å². The largest absolute Gasteiger partial charge is 0.545 e. The van der Waals surface area contributed by atoms with Crippen LogP contribution in [0.15, 0.2) is 18.2 Å². The minimum atomic E-state index is -1.40. The van der Waals surface area contributed by atoms with Crippen LogP contribution in [0.2, 0.25) is 0 Å². The van der Waals surface area contributed by atoms with E-state index in [0.717, 1.165) is 30.0 Å². The van der Waals surface area contributed by atoms with Gasteiger partial charge < -0.3 is 19.4 Å². The van der Waals surface area contributed by atoms with Gasteiger partial charge in [0.25, 0.3) is 0 Å². The predicted octanol–water partition coefficient (Wildman–Crippen LogP) is 3.16. The molecule has 4 aliphatic carbocycles. The average molecular weight is 388 g/mol. The maximum Gasteiger partial charge on any atom is 0.311 e. The highest BCUT2D eigenvalue weighted by atomic mass is 16.7. The second-order valence-electron chi connectivity index (χ2n) is 8.99. The molecule has 0 N–H and O–H groups in total. The lowest BCUT2D eigenvalue weighted by Crippen LogP contribution is -2.51. The highest BCUT2D eigenvalue weighted by Crippen LogP contribution is 2.55. The van der Waals surface area contributed by atoms with Gasteiger partial charge in [0.1, 0.15) is 0 Å². The normalized spacial score (nSPS) is 31.8. The average Bonchev–Trinajstić information content (AvgIpc) is 2.62. The van der Waals surface area contributed by atoms with Gasteiger partial charge in [0, 0.05) is 17.5 Å². The Hall–Kier alpha value is -2.15. The van der Waals surface area contributed by atoms with Crippen molar-refractivity contribution in [3.8, 4) is 5.75 Å². The maximum absolute atomic E-state index is 11.4. The molecule has 152 valence electrons. The first-order valence-electron chi connectivity index (χ1n) is 10.1. The lowest BCUT2D eigenvalue weighted by atomic mass is 9.55. The SMILES string of the molecule is CC(C)C(Oc1cc(C(=O)[O-])ccc1[N+](=O)[O-])OC1C2CC3CC(C2)CC1C3. The zero-order valence-corrected chi connectivity index (χ0v) is 16.2. The highest BCUT2D eigenvalue weighted by molar-refractivity contribution is 5.87. The van der Waals surface area contributed by atoms with E-state index in [9.17, 15) is 20.0 Å². The molecule has 7 heteroatoms. The molecule has 0 heterocycles. The fourth-order valence-electron chi connectivity index (χ4n) is 5.58. The molecule has 4 fully saturated rings. The Bertz CT molecular complexity index is 748. The topological polar surface area (TPSA) is 102 Å². The van der Waals surface area contributed by atoms with Crippen molar-refractivity contribution >= 4 is 11.7 Å². The van der Waals surface area contributed by atoms with E-state index in [1.807, 2.05) is 13.8 Å². The van der Waals surface area contributed by atoms with E-state index in [0.29, 0.717) is 11.8 Å². The number of benzene rings is 1. The third-order valence-corrected chi connectivity index (χ3v) is 6.61. The van der Waals surface area contributed by atoms with Crippen LogP contribution >= 0.6 is 0 Å². The molecule has 0 aliphatic heterocycles. The number of hydrogen-bond acceptors (Lipinski definition) is 6. The van der Waals surface area contributed by atoms with Crippen LogP contribution in [-0.2, 0) is 4.74 Å². The molecule has 0 radical (unpaired) electrons. The minimum Gasteiger partial charge on any atom is -0.545 e. The maximum atomic E-state index is 11.4. The number of carboxylic acid groups (broad SMARTS) is 1. The summed E-state index contributed by atoms with van der Waals surface area (Å²) >= 11 is 0. The Kier molecular flexibility index (Phi) is 5.04. The van der Waals surface area contributed by atoms with Gasteiger partial charge in [-0.25, -0.2) is 0 Å². The van der Waals surface area contributed by atoms with Crippen molar-refractivity contribution in [3.63, 3.8) is 0 Å². The summed E-state index contributed by atoms with van der Waals surface area (Å²) in [6.07, 6.45) is 5.59. The number of ether oxygens (including phenoxy) is 2. The van der Waals surface area contributed by atoms with Crippen LogP contribution in [0.25, 0.3) is 0 Å². The zero-order valence-electron chi connectivity index (χ0n) is 16.2. The quantitative estimate of drug-likeness (QED) is 0.404. The van der Waals surface area contributed by atoms with Crippen molar-refractivity contribution in [2.45, 2.75) is 58.3 Å². The number of nitro groups is 1. The highest BCUT2D eigenvalue weighted by Gasteiger charge is 2.49.